The third kappa shape index (κ3) is 6.08. The normalized spacial score (nSPS) is 9.75. The van der Waals surface area contributed by atoms with E-state index in [4.69, 9.17) is 5.73 Å². The Morgan fingerprint density at radius 3 is 2.50 bits per heavy atom. The first-order valence-corrected chi connectivity index (χ1v) is 5.99. The fourth-order valence-corrected chi connectivity index (χ4v) is 1.50. The van der Waals surface area contributed by atoms with Crippen molar-refractivity contribution in [2.24, 2.45) is 5.73 Å². The highest BCUT2D eigenvalue weighted by Gasteiger charge is 2.13. The smallest absolute Gasteiger partial charge is 0.220 e. The summed E-state index contributed by atoms with van der Waals surface area (Å²) >= 11 is 0. The summed E-state index contributed by atoms with van der Waals surface area (Å²) in [6.45, 7) is 0.925. The van der Waals surface area contributed by atoms with E-state index in [1.807, 2.05) is 0 Å². The molecule has 0 aliphatic heterocycles. The molecule has 0 radical (unpaired) electrons. The Hall–Kier alpha value is -1.53. The van der Waals surface area contributed by atoms with Gasteiger partial charge in [0.15, 0.2) is 5.78 Å². The molecule has 0 heterocycles. The summed E-state index contributed by atoms with van der Waals surface area (Å²) in [5.41, 5.74) is 5.07. The minimum Gasteiger partial charge on any atom is -0.356 e. The lowest BCUT2D eigenvalue weighted by Crippen LogP contribution is -2.26. The van der Waals surface area contributed by atoms with Gasteiger partial charge in [-0.05, 0) is 25.1 Å². The van der Waals surface area contributed by atoms with Crippen molar-refractivity contribution in [3.63, 3.8) is 0 Å². The highest BCUT2D eigenvalue weighted by Crippen LogP contribution is 2.12. The Morgan fingerprint density at radius 1 is 1.20 bits per heavy atom. The molecule has 4 nitrogen and oxygen atoms in total. The molecule has 0 fully saturated rings. The van der Waals surface area contributed by atoms with Crippen molar-refractivity contribution in [1.82, 2.24) is 5.32 Å². The molecule has 20 heavy (non-hydrogen) atoms. The lowest BCUT2D eigenvalue weighted by Gasteiger charge is -2.04. The molecule has 1 aromatic rings. The van der Waals surface area contributed by atoms with Crippen LogP contribution in [0.2, 0.25) is 0 Å². The van der Waals surface area contributed by atoms with Crippen LogP contribution in [0.3, 0.4) is 0 Å². The van der Waals surface area contributed by atoms with E-state index in [-0.39, 0.29) is 36.7 Å². The number of rotatable bonds is 7. The molecular weight excluding hydrogens is 290 g/mol. The maximum absolute atomic E-state index is 13.3. The minimum absolute atomic E-state index is 0. The molecule has 0 aromatic heterocycles. The van der Waals surface area contributed by atoms with Crippen molar-refractivity contribution in [3.05, 3.63) is 35.4 Å². The SMILES string of the molecule is Cl.NCCCNC(=O)CCC(=O)c1ccc(F)cc1F. The van der Waals surface area contributed by atoms with E-state index in [9.17, 15) is 18.4 Å². The largest absolute Gasteiger partial charge is 0.356 e. The van der Waals surface area contributed by atoms with E-state index in [0.717, 1.165) is 12.1 Å². The molecule has 0 aliphatic rings. The molecule has 7 heteroatoms. The van der Waals surface area contributed by atoms with Gasteiger partial charge in [0.2, 0.25) is 5.91 Å². The number of ketones is 1. The number of nitrogens with two attached hydrogens (primary N) is 1. The second kappa shape index (κ2) is 9.39. The fraction of sp³-hybridized carbons (Fsp3) is 0.385. The van der Waals surface area contributed by atoms with Gasteiger partial charge >= 0.3 is 0 Å². The van der Waals surface area contributed by atoms with Crippen LogP contribution < -0.4 is 11.1 Å². The van der Waals surface area contributed by atoms with Gasteiger partial charge in [0.25, 0.3) is 0 Å². The van der Waals surface area contributed by atoms with Crippen molar-refractivity contribution in [2.75, 3.05) is 13.1 Å². The zero-order valence-electron chi connectivity index (χ0n) is 10.8. The molecule has 0 atom stereocenters. The summed E-state index contributed by atoms with van der Waals surface area (Å²) in [4.78, 5) is 23.0. The lowest BCUT2D eigenvalue weighted by atomic mass is 10.1. The summed E-state index contributed by atoms with van der Waals surface area (Å²) in [5.74, 6) is -2.46. The van der Waals surface area contributed by atoms with E-state index in [0.29, 0.717) is 25.6 Å². The molecule has 0 unspecified atom stereocenters. The van der Waals surface area contributed by atoms with Gasteiger partial charge in [-0.25, -0.2) is 8.78 Å². The maximum atomic E-state index is 13.3. The van der Waals surface area contributed by atoms with Crippen LogP contribution in [0.4, 0.5) is 8.78 Å². The van der Waals surface area contributed by atoms with Crippen molar-refractivity contribution >= 4 is 24.1 Å². The zero-order chi connectivity index (χ0) is 14.3. The number of benzene rings is 1. The Labute approximate surface area is 122 Å². The van der Waals surface area contributed by atoms with Gasteiger partial charge in [-0.15, -0.1) is 12.4 Å². The minimum atomic E-state index is -0.909. The molecule has 1 rings (SSSR count). The predicted octanol–water partition coefficient (Wildman–Crippen LogP) is 1.81. The fourth-order valence-electron chi connectivity index (χ4n) is 1.50. The molecule has 1 aromatic carbocycles. The molecule has 0 saturated heterocycles. The Balaban J connectivity index is 0.00000361. The molecular formula is C13H17ClF2N2O2. The van der Waals surface area contributed by atoms with Crippen LogP contribution in [0.1, 0.15) is 29.6 Å². The topological polar surface area (TPSA) is 72.2 Å². The van der Waals surface area contributed by atoms with Gasteiger partial charge in [-0.3, -0.25) is 9.59 Å². The molecule has 0 aliphatic carbocycles. The molecule has 0 spiro atoms. The lowest BCUT2D eigenvalue weighted by molar-refractivity contribution is -0.121. The summed E-state index contributed by atoms with van der Waals surface area (Å²) in [7, 11) is 0. The van der Waals surface area contributed by atoms with Crippen molar-refractivity contribution in [1.29, 1.82) is 0 Å². The third-order valence-electron chi connectivity index (χ3n) is 2.51. The van der Waals surface area contributed by atoms with Crippen LogP contribution in [-0.4, -0.2) is 24.8 Å². The second-order valence-electron chi connectivity index (χ2n) is 4.04. The summed E-state index contributed by atoms with van der Waals surface area (Å²) < 4.78 is 26.0. The van der Waals surface area contributed by atoms with Gasteiger partial charge in [0.05, 0.1) is 5.56 Å². The van der Waals surface area contributed by atoms with Gasteiger partial charge in [-0.2, -0.15) is 0 Å². The number of halogens is 3. The number of carbonyl (C=O) groups excluding carboxylic acids is 2. The van der Waals surface area contributed by atoms with E-state index in [2.05, 4.69) is 5.32 Å². The summed E-state index contributed by atoms with van der Waals surface area (Å²) in [6.07, 6.45) is 0.517. The molecule has 112 valence electrons. The number of hydrogen-bond acceptors (Lipinski definition) is 3. The average Bonchev–Trinajstić information content (AvgIpc) is 2.36. The van der Waals surface area contributed by atoms with Crippen LogP contribution >= 0.6 is 12.4 Å². The quantitative estimate of drug-likeness (QED) is 0.596. The molecule has 0 saturated carbocycles. The zero-order valence-corrected chi connectivity index (χ0v) is 11.6. The summed E-state index contributed by atoms with van der Waals surface area (Å²) in [5, 5.41) is 2.59. The van der Waals surface area contributed by atoms with Crippen LogP contribution in [0.25, 0.3) is 0 Å². The van der Waals surface area contributed by atoms with Crippen molar-refractivity contribution in [3.8, 4) is 0 Å². The summed E-state index contributed by atoms with van der Waals surface area (Å²) in [6, 6.07) is 2.74. The first kappa shape index (κ1) is 18.5. The highest BCUT2D eigenvalue weighted by molar-refractivity contribution is 5.98. The Bertz CT molecular complexity index is 470. The third-order valence-corrected chi connectivity index (χ3v) is 2.51. The van der Waals surface area contributed by atoms with E-state index in [1.165, 1.54) is 0 Å². The van der Waals surface area contributed by atoms with Crippen LogP contribution in [0.15, 0.2) is 18.2 Å². The standard InChI is InChI=1S/C13H16F2N2O2.ClH/c14-9-2-3-10(11(15)8-9)12(18)4-5-13(19)17-7-1-6-16;/h2-3,8H,1,4-7,16H2,(H,17,19);1H. The van der Waals surface area contributed by atoms with Crippen LogP contribution in [0, 0.1) is 11.6 Å². The number of hydrogen-bond donors (Lipinski definition) is 2. The number of amides is 1. The average molecular weight is 307 g/mol. The first-order chi connectivity index (χ1) is 9.04. The number of carbonyl (C=O) groups is 2. The Kier molecular flexibility index (Phi) is 8.67. The van der Waals surface area contributed by atoms with Crippen molar-refractivity contribution in [2.45, 2.75) is 19.3 Å². The van der Waals surface area contributed by atoms with E-state index in [1.54, 1.807) is 0 Å². The van der Waals surface area contributed by atoms with Gasteiger partial charge in [0.1, 0.15) is 11.6 Å². The monoisotopic (exact) mass is 306 g/mol. The van der Waals surface area contributed by atoms with Crippen LogP contribution in [-0.2, 0) is 4.79 Å². The number of nitrogens with one attached hydrogen (secondary N) is 1. The van der Waals surface area contributed by atoms with Gasteiger partial charge in [0, 0.05) is 25.5 Å². The predicted molar refractivity (Wildman–Crippen MR) is 73.9 cm³/mol. The van der Waals surface area contributed by atoms with E-state index >= 15 is 0 Å². The van der Waals surface area contributed by atoms with Crippen LogP contribution in [0.5, 0.6) is 0 Å². The number of Topliss-reactive ketones (excluding diaryl/α,β-unsaturated/α-hetero) is 1. The van der Waals surface area contributed by atoms with Gasteiger partial charge < -0.3 is 11.1 Å². The van der Waals surface area contributed by atoms with Crippen molar-refractivity contribution < 1.29 is 18.4 Å². The van der Waals surface area contributed by atoms with E-state index < -0.39 is 17.4 Å². The first-order valence-electron chi connectivity index (χ1n) is 5.99. The maximum Gasteiger partial charge on any atom is 0.220 e. The highest BCUT2D eigenvalue weighted by atomic mass is 35.5. The molecule has 3 N–H and O–H groups in total. The Morgan fingerprint density at radius 2 is 1.90 bits per heavy atom. The van der Waals surface area contributed by atoms with Gasteiger partial charge in [-0.1, -0.05) is 0 Å². The molecule has 1 amide bonds. The molecule has 0 bridgehead atoms. The second-order valence-corrected chi connectivity index (χ2v) is 4.04.